The van der Waals surface area contributed by atoms with Gasteiger partial charge in [0.15, 0.2) is 0 Å². The number of rotatable bonds is 7. The number of nitrogens with two attached hydrogens (primary N) is 1. The van der Waals surface area contributed by atoms with Crippen LogP contribution in [0.4, 0.5) is 5.82 Å². The average molecular weight is 558 g/mol. The fourth-order valence-corrected chi connectivity index (χ4v) is 6.72. The highest BCUT2D eigenvalue weighted by Gasteiger charge is 2.32. The number of carbonyl (C=O) groups is 1. The Kier molecular flexibility index (Phi) is 6.96. The van der Waals surface area contributed by atoms with Crippen molar-refractivity contribution >= 4 is 22.8 Å². The van der Waals surface area contributed by atoms with Crippen molar-refractivity contribution in [1.29, 1.82) is 0 Å². The molecular weight excluding hydrogens is 522 g/mol. The van der Waals surface area contributed by atoms with Gasteiger partial charge >= 0.3 is 5.97 Å². The van der Waals surface area contributed by atoms with Crippen molar-refractivity contribution in [3.8, 4) is 28.2 Å². The van der Waals surface area contributed by atoms with Crippen LogP contribution in [0, 0.1) is 11.8 Å². The predicted molar refractivity (Wildman–Crippen MR) is 166 cm³/mol. The summed E-state index contributed by atoms with van der Waals surface area (Å²) in [6.45, 7) is 3.20. The highest BCUT2D eigenvalue weighted by atomic mass is 16.4. The second kappa shape index (κ2) is 11.1. The van der Waals surface area contributed by atoms with Crippen molar-refractivity contribution in [1.82, 2.24) is 19.4 Å². The Morgan fingerprint density at radius 1 is 0.881 bits per heavy atom. The molecule has 2 fully saturated rings. The molecule has 2 aliphatic rings. The summed E-state index contributed by atoms with van der Waals surface area (Å²) >= 11 is 0. The van der Waals surface area contributed by atoms with Crippen molar-refractivity contribution in [3.63, 3.8) is 0 Å². The summed E-state index contributed by atoms with van der Waals surface area (Å²) in [5.41, 5.74) is 13.8. The molecule has 1 saturated carbocycles. The molecule has 1 aliphatic heterocycles. The normalized spacial score (nSPS) is 19.5. The third-order valence-electron chi connectivity index (χ3n) is 9.13. The van der Waals surface area contributed by atoms with Crippen LogP contribution in [0.3, 0.4) is 0 Å². The first-order valence-corrected chi connectivity index (χ1v) is 14.9. The van der Waals surface area contributed by atoms with Gasteiger partial charge in [-0.2, -0.15) is 0 Å². The van der Waals surface area contributed by atoms with Crippen LogP contribution in [-0.2, 0) is 4.79 Å². The zero-order valence-corrected chi connectivity index (χ0v) is 23.6. The smallest absolute Gasteiger partial charge is 0.306 e. The Morgan fingerprint density at radius 3 is 2.36 bits per heavy atom. The number of fused-ring (bicyclic) bond motifs is 1. The third kappa shape index (κ3) is 5.05. The van der Waals surface area contributed by atoms with Gasteiger partial charge in [0, 0.05) is 37.4 Å². The number of nitrogen functional groups attached to an aromatic ring is 1. The number of aromatic nitrogens is 3. The van der Waals surface area contributed by atoms with Gasteiger partial charge in [0.05, 0.1) is 22.5 Å². The van der Waals surface area contributed by atoms with Gasteiger partial charge in [-0.25, -0.2) is 9.97 Å². The first kappa shape index (κ1) is 26.4. The maximum Gasteiger partial charge on any atom is 0.306 e. The van der Waals surface area contributed by atoms with Crippen LogP contribution >= 0.6 is 0 Å². The van der Waals surface area contributed by atoms with Crippen molar-refractivity contribution in [3.05, 3.63) is 96.7 Å². The number of pyridine rings is 1. The fraction of sp³-hybridized carbons (Fsp3) is 0.286. The highest BCUT2D eigenvalue weighted by Crippen LogP contribution is 2.36. The summed E-state index contributed by atoms with van der Waals surface area (Å²) in [7, 11) is 0. The molecule has 1 aliphatic carbocycles. The number of likely N-dealkylation sites (tertiary alicyclic amines) is 1. The van der Waals surface area contributed by atoms with E-state index < -0.39 is 5.97 Å². The van der Waals surface area contributed by atoms with Gasteiger partial charge in [-0.1, -0.05) is 48.5 Å². The number of anilines is 1. The van der Waals surface area contributed by atoms with Crippen molar-refractivity contribution < 1.29 is 9.90 Å². The molecule has 3 N–H and O–H groups in total. The van der Waals surface area contributed by atoms with Crippen LogP contribution in [0.1, 0.15) is 37.2 Å². The molecule has 5 aromatic rings. The summed E-state index contributed by atoms with van der Waals surface area (Å²) in [5.74, 6) is 1.61. The molecule has 0 spiro atoms. The van der Waals surface area contributed by atoms with Gasteiger partial charge in [0.2, 0.25) is 0 Å². The average Bonchev–Trinajstić information content (AvgIpc) is 3.38. The van der Waals surface area contributed by atoms with E-state index in [1.165, 1.54) is 5.56 Å². The minimum Gasteiger partial charge on any atom is -0.481 e. The van der Waals surface area contributed by atoms with Gasteiger partial charge in [0.25, 0.3) is 0 Å². The monoisotopic (exact) mass is 557 g/mol. The lowest BCUT2D eigenvalue weighted by molar-refractivity contribution is -0.143. The van der Waals surface area contributed by atoms with E-state index in [-0.39, 0.29) is 5.92 Å². The maximum atomic E-state index is 11.3. The van der Waals surface area contributed by atoms with Crippen molar-refractivity contribution in [2.24, 2.45) is 11.8 Å². The molecule has 0 amide bonds. The minimum atomic E-state index is -0.628. The number of benzene rings is 3. The van der Waals surface area contributed by atoms with E-state index in [0.29, 0.717) is 17.7 Å². The zero-order chi connectivity index (χ0) is 28.6. The minimum absolute atomic E-state index is 0.142. The maximum absolute atomic E-state index is 11.3. The van der Waals surface area contributed by atoms with Crippen molar-refractivity contribution in [2.75, 3.05) is 25.4 Å². The molecule has 2 aromatic heterocycles. The number of carboxylic acid groups (broad SMARTS) is 1. The number of carboxylic acids is 1. The molecule has 3 aromatic carbocycles. The topological polar surface area (TPSA) is 97.3 Å². The Bertz CT molecular complexity index is 1720. The van der Waals surface area contributed by atoms with E-state index in [9.17, 15) is 9.90 Å². The Hall–Kier alpha value is -4.49. The first-order chi connectivity index (χ1) is 20.5. The molecule has 212 valence electrons. The lowest BCUT2D eigenvalue weighted by Gasteiger charge is -2.42. The van der Waals surface area contributed by atoms with Crippen LogP contribution < -0.4 is 5.73 Å². The Morgan fingerprint density at radius 2 is 1.64 bits per heavy atom. The molecule has 3 heterocycles. The predicted octanol–water partition coefficient (Wildman–Crippen LogP) is 6.63. The second-order valence-electron chi connectivity index (χ2n) is 11.8. The zero-order valence-electron chi connectivity index (χ0n) is 23.6. The van der Waals surface area contributed by atoms with Gasteiger partial charge < -0.3 is 15.7 Å². The van der Waals surface area contributed by atoms with Crippen molar-refractivity contribution in [2.45, 2.75) is 31.6 Å². The Balaban J connectivity index is 1.14. The van der Waals surface area contributed by atoms with Gasteiger partial charge in [0.1, 0.15) is 11.6 Å². The van der Waals surface area contributed by atoms with Crippen LogP contribution in [0.2, 0.25) is 0 Å². The molecule has 0 atom stereocenters. The van der Waals surface area contributed by atoms with E-state index in [1.807, 2.05) is 18.2 Å². The molecule has 1 saturated heterocycles. The van der Waals surface area contributed by atoms with E-state index in [2.05, 4.69) is 81.2 Å². The molecular formula is C35H35N5O2. The van der Waals surface area contributed by atoms with Crippen LogP contribution in [0.5, 0.6) is 0 Å². The van der Waals surface area contributed by atoms with Crippen LogP contribution in [0.25, 0.3) is 39.2 Å². The van der Waals surface area contributed by atoms with E-state index in [0.717, 1.165) is 84.6 Å². The summed E-state index contributed by atoms with van der Waals surface area (Å²) in [5, 5.41) is 9.28. The molecule has 0 bridgehead atoms. The summed E-state index contributed by atoms with van der Waals surface area (Å²) in [4.78, 5) is 23.2. The van der Waals surface area contributed by atoms with Gasteiger partial charge in [-0.05, 0) is 84.7 Å². The second-order valence-corrected chi connectivity index (χ2v) is 11.8. The number of nitrogens with zero attached hydrogens (tertiary/aromatic N) is 4. The Labute approximate surface area is 245 Å². The number of aliphatic carboxylic acids is 1. The fourth-order valence-electron chi connectivity index (χ4n) is 6.72. The summed E-state index contributed by atoms with van der Waals surface area (Å²) < 4.78 is 2.19. The van der Waals surface area contributed by atoms with Gasteiger partial charge in [-0.15, -0.1) is 0 Å². The first-order valence-electron chi connectivity index (χ1n) is 14.9. The summed E-state index contributed by atoms with van der Waals surface area (Å²) in [6.07, 6.45) is 5.41. The van der Waals surface area contributed by atoms with E-state index in [4.69, 9.17) is 10.7 Å². The van der Waals surface area contributed by atoms with Crippen LogP contribution in [0.15, 0.2) is 91.1 Å². The lowest BCUT2D eigenvalue weighted by atomic mass is 9.80. The van der Waals surface area contributed by atoms with E-state index in [1.54, 1.807) is 6.20 Å². The van der Waals surface area contributed by atoms with Gasteiger partial charge in [-0.3, -0.25) is 9.36 Å². The third-order valence-corrected chi connectivity index (χ3v) is 9.13. The number of imidazole rings is 1. The lowest BCUT2D eigenvalue weighted by Crippen LogP contribution is -2.47. The molecule has 42 heavy (non-hydrogen) atoms. The largest absolute Gasteiger partial charge is 0.481 e. The number of hydrogen-bond donors (Lipinski definition) is 2. The summed E-state index contributed by atoms with van der Waals surface area (Å²) in [6, 6.07) is 29.6. The molecule has 7 rings (SSSR count). The standard InChI is InChI=1S/C35H35N5O2/c36-33-30(7-4-18-37-33)34-38-31-17-14-27(24-5-2-1-3-6-24)19-32(31)40(34)29-15-12-25(13-16-29)28-21-39(22-28)20-23-8-10-26(11-9-23)35(41)42/h1-7,12-19,23,26,28H,8-11,20-22H2,(H2,36,37)(H,41,42). The highest BCUT2D eigenvalue weighted by molar-refractivity contribution is 5.88. The number of hydrogen-bond acceptors (Lipinski definition) is 5. The molecule has 0 radical (unpaired) electrons. The van der Waals surface area contributed by atoms with Crippen LogP contribution in [-0.4, -0.2) is 50.1 Å². The quantitative estimate of drug-likeness (QED) is 0.233. The SMILES string of the molecule is Nc1ncccc1-c1nc2ccc(-c3ccccc3)cc2n1-c1ccc(C2CN(CC3CCC(C(=O)O)CC3)C2)cc1. The molecule has 7 heteroatoms. The molecule has 0 unspecified atom stereocenters. The molecule has 7 nitrogen and oxygen atoms in total. The van der Waals surface area contributed by atoms with E-state index >= 15 is 0 Å².